The van der Waals surface area contributed by atoms with Crippen molar-refractivity contribution in [2.24, 2.45) is 5.92 Å². The molecular formula is C18H23N3O2S. The summed E-state index contributed by atoms with van der Waals surface area (Å²) in [7, 11) is 0. The van der Waals surface area contributed by atoms with Crippen molar-refractivity contribution in [3.8, 4) is 0 Å². The molecule has 1 atom stereocenters. The number of hydrogen-bond donors (Lipinski definition) is 0. The van der Waals surface area contributed by atoms with Crippen LogP contribution >= 0.6 is 11.3 Å². The molecule has 5 nitrogen and oxygen atoms in total. The zero-order chi connectivity index (χ0) is 16.5. The predicted octanol–water partition coefficient (Wildman–Crippen LogP) is 3.13. The summed E-state index contributed by atoms with van der Waals surface area (Å²) in [5.74, 6) is 1.11. The first-order chi connectivity index (χ1) is 11.8. The molecule has 2 aromatic heterocycles. The molecule has 2 aromatic rings. The molecule has 1 saturated carbocycles. The monoisotopic (exact) mass is 345 g/mol. The molecule has 4 rings (SSSR count). The van der Waals surface area contributed by atoms with Gasteiger partial charge < -0.3 is 9.64 Å². The molecule has 1 aliphatic carbocycles. The van der Waals surface area contributed by atoms with Crippen LogP contribution in [0.5, 0.6) is 0 Å². The van der Waals surface area contributed by atoms with Crippen LogP contribution in [0.1, 0.15) is 46.6 Å². The van der Waals surface area contributed by atoms with Gasteiger partial charge in [-0.15, -0.1) is 11.3 Å². The van der Waals surface area contributed by atoms with Gasteiger partial charge in [-0.2, -0.15) is 5.10 Å². The van der Waals surface area contributed by atoms with Gasteiger partial charge in [0, 0.05) is 37.7 Å². The number of fused-ring (bicyclic) bond motifs is 1. The van der Waals surface area contributed by atoms with Gasteiger partial charge in [-0.1, -0.05) is 6.07 Å². The third kappa shape index (κ3) is 3.13. The Balaban J connectivity index is 1.59. The van der Waals surface area contributed by atoms with E-state index in [1.807, 2.05) is 35.5 Å². The van der Waals surface area contributed by atoms with Crippen LogP contribution in [-0.2, 0) is 17.8 Å². The van der Waals surface area contributed by atoms with Gasteiger partial charge in [-0.3, -0.25) is 9.48 Å². The molecule has 0 radical (unpaired) electrons. The number of hydrogen-bond acceptors (Lipinski definition) is 4. The molecule has 128 valence electrons. The summed E-state index contributed by atoms with van der Waals surface area (Å²) >= 11 is 1.50. The Morgan fingerprint density at radius 1 is 1.46 bits per heavy atom. The average molecular weight is 345 g/mol. The number of thiophene rings is 1. The second-order valence-electron chi connectivity index (χ2n) is 6.70. The fraction of sp³-hybridized carbons (Fsp3) is 0.556. The van der Waals surface area contributed by atoms with Crippen molar-refractivity contribution in [1.82, 2.24) is 14.7 Å². The van der Waals surface area contributed by atoms with Crippen LogP contribution in [0.4, 0.5) is 0 Å². The maximum absolute atomic E-state index is 12.8. The van der Waals surface area contributed by atoms with E-state index >= 15 is 0 Å². The highest BCUT2D eigenvalue weighted by atomic mass is 32.1. The summed E-state index contributed by atoms with van der Waals surface area (Å²) in [6.45, 7) is 5.73. The Hall–Kier alpha value is -1.66. The van der Waals surface area contributed by atoms with Gasteiger partial charge in [0.2, 0.25) is 0 Å². The molecule has 0 bridgehead atoms. The highest BCUT2D eigenvalue weighted by Crippen LogP contribution is 2.35. The lowest BCUT2D eigenvalue weighted by Gasteiger charge is -2.33. The van der Waals surface area contributed by atoms with Crippen LogP contribution in [0.25, 0.3) is 0 Å². The molecule has 2 aliphatic rings. The molecule has 24 heavy (non-hydrogen) atoms. The van der Waals surface area contributed by atoms with E-state index in [4.69, 9.17) is 4.74 Å². The zero-order valence-electron chi connectivity index (χ0n) is 14.0. The molecular weight excluding hydrogens is 322 g/mol. The van der Waals surface area contributed by atoms with Gasteiger partial charge in [-0.25, -0.2) is 0 Å². The van der Waals surface area contributed by atoms with Gasteiger partial charge in [0.1, 0.15) is 0 Å². The first-order valence-electron chi connectivity index (χ1n) is 8.71. The number of aromatic nitrogens is 2. The first-order valence-corrected chi connectivity index (χ1v) is 9.59. The van der Waals surface area contributed by atoms with E-state index in [1.165, 1.54) is 35.4 Å². The number of amides is 1. The Morgan fingerprint density at radius 3 is 3.04 bits per heavy atom. The third-order valence-corrected chi connectivity index (χ3v) is 5.68. The smallest absolute Gasteiger partial charge is 0.264 e. The van der Waals surface area contributed by atoms with E-state index in [0.29, 0.717) is 26.3 Å². The van der Waals surface area contributed by atoms with Gasteiger partial charge in [0.15, 0.2) is 0 Å². The van der Waals surface area contributed by atoms with E-state index in [-0.39, 0.29) is 11.8 Å². The SMILES string of the molecule is CCOC[C@H]1CN(C(=O)c2cccs2)Cc2cnn(CC3CC3)c21. The van der Waals surface area contributed by atoms with Gasteiger partial charge in [-0.05, 0) is 37.1 Å². The average Bonchev–Trinajstić information content (AvgIpc) is 3.09. The van der Waals surface area contributed by atoms with E-state index in [1.54, 1.807) is 0 Å². The maximum Gasteiger partial charge on any atom is 0.264 e. The highest BCUT2D eigenvalue weighted by Gasteiger charge is 2.34. The van der Waals surface area contributed by atoms with Crippen LogP contribution in [0.3, 0.4) is 0 Å². The van der Waals surface area contributed by atoms with Crippen molar-refractivity contribution in [3.05, 3.63) is 39.8 Å². The minimum atomic E-state index is 0.118. The second kappa shape index (κ2) is 6.69. The molecule has 1 fully saturated rings. The molecule has 0 N–H and O–H groups in total. The molecule has 1 aliphatic heterocycles. The summed E-state index contributed by atoms with van der Waals surface area (Å²) in [4.78, 5) is 15.5. The highest BCUT2D eigenvalue weighted by molar-refractivity contribution is 7.12. The lowest BCUT2D eigenvalue weighted by atomic mass is 9.96. The fourth-order valence-corrected chi connectivity index (χ4v) is 4.13. The Bertz CT molecular complexity index is 706. The molecule has 0 aromatic carbocycles. The minimum absolute atomic E-state index is 0.118. The standard InChI is InChI=1S/C18H23N3O2S/c1-2-23-12-15-11-20(18(22)16-4-3-7-24-16)10-14-8-19-21(17(14)15)9-13-5-6-13/h3-4,7-8,13,15H,2,5-6,9-12H2,1H3/t15-/m1/s1. The topological polar surface area (TPSA) is 47.4 Å². The van der Waals surface area contributed by atoms with Crippen molar-refractivity contribution in [2.45, 2.75) is 38.8 Å². The molecule has 3 heterocycles. The van der Waals surface area contributed by atoms with E-state index < -0.39 is 0 Å². The number of carbonyl (C=O) groups is 1. The Morgan fingerprint density at radius 2 is 2.33 bits per heavy atom. The van der Waals surface area contributed by atoms with Crippen LogP contribution in [0.15, 0.2) is 23.7 Å². The quantitative estimate of drug-likeness (QED) is 0.808. The van der Waals surface area contributed by atoms with Crippen molar-refractivity contribution in [2.75, 3.05) is 19.8 Å². The summed E-state index contributed by atoms with van der Waals surface area (Å²) in [5.41, 5.74) is 2.46. The molecule has 0 unspecified atom stereocenters. The first kappa shape index (κ1) is 15.8. The Kier molecular flexibility index (Phi) is 4.41. The van der Waals surface area contributed by atoms with Crippen LogP contribution in [0.2, 0.25) is 0 Å². The lowest BCUT2D eigenvalue weighted by molar-refractivity contribution is 0.0651. The Labute approximate surface area is 146 Å². The number of rotatable bonds is 6. The fourth-order valence-electron chi connectivity index (χ4n) is 3.44. The minimum Gasteiger partial charge on any atom is -0.381 e. The number of ether oxygens (including phenoxy) is 1. The zero-order valence-corrected chi connectivity index (χ0v) is 14.8. The molecule has 6 heteroatoms. The number of carbonyl (C=O) groups excluding carboxylic acids is 1. The second-order valence-corrected chi connectivity index (χ2v) is 7.65. The largest absolute Gasteiger partial charge is 0.381 e. The van der Waals surface area contributed by atoms with E-state index in [9.17, 15) is 4.79 Å². The molecule has 1 amide bonds. The van der Waals surface area contributed by atoms with Crippen LogP contribution in [0, 0.1) is 5.92 Å². The van der Waals surface area contributed by atoms with Gasteiger partial charge in [0.25, 0.3) is 5.91 Å². The van der Waals surface area contributed by atoms with Crippen molar-refractivity contribution in [3.63, 3.8) is 0 Å². The van der Waals surface area contributed by atoms with Crippen LogP contribution < -0.4 is 0 Å². The van der Waals surface area contributed by atoms with Gasteiger partial charge in [0.05, 0.1) is 23.4 Å². The van der Waals surface area contributed by atoms with Gasteiger partial charge >= 0.3 is 0 Å². The lowest BCUT2D eigenvalue weighted by Crippen LogP contribution is -2.40. The van der Waals surface area contributed by atoms with E-state index in [0.717, 1.165) is 17.3 Å². The van der Waals surface area contributed by atoms with Crippen molar-refractivity contribution >= 4 is 17.2 Å². The van der Waals surface area contributed by atoms with Crippen molar-refractivity contribution in [1.29, 1.82) is 0 Å². The van der Waals surface area contributed by atoms with Crippen LogP contribution in [-0.4, -0.2) is 40.3 Å². The summed E-state index contributed by atoms with van der Waals surface area (Å²) in [6, 6.07) is 3.83. The third-order valence-electron chi connectivity index (χ3n) is 4.82. The predicted molar refractivity (Wildman–Crippen MR) is 93.2 cm³/mol. The summed E-state index contributed by atoms with van der Waals surface area (Å²) in [5, 5.41) is 6.57. The van der Waals surface area contributed by atoms with Crippen molar-refractivity contribution < 1.29 is 9.53 Å². The maximum atomic E-state index is 12.8. The normalized spacial score (nSPS) is 20.2. The molecule has 0 spiro atoms. The number of nitrogens with zero attached hydrogens (tertiary/aromatic N) is 3. The summed E-state index contributed by atoms with van der Waals surface area (Å²) < 4.78 is 7.89. The molecule has 0 saturated heterocycles. The van der Waals surface area contributed by atoms with E-state index in [2.05, 4.69) is 9.78 Å². The summed E-state index contributed by atoms with van der Waals surface area (Å²) in [6.07, 6.45) is 4.58.